The maximum absolute atomic E-state index is 12.8. The third kappa shape index (κ3) is 3.80. The average Bonchev–Trinajstić information content (AvgIpc) is 2.82. The van der Waals surface area contributed by atoms with Crippen LogP contribution < -0.4 is 10.5 Å². The number of rotatable bonds is 5. The van der Waals surface area contributed by atoms with Gasteiger partial charge >= 0.3 is 0 Å². The predicted octanol–water partition coefficient (Wildman–Crippen LogP) is 2.74. The molecule has 0 spiro atoms. The van der Waals surface area contributed by atoms with Crippen LogP contribution >= 0.6 is 0 Å². The highest BCUT2D eigenvalue weighted by Gasteiger charge is 2.40. The molecule has 0 radical (unpaired) electrons. The van der Waals surface area contributed by atoms with Crippen LogP contribution in [0.1, 0.15) is 39.2 Å². The van der Waals surface area contributed by atoms with Gasteiger partial charge in [-0.05, 0) is 45.2 Å². The number of hydrogen-bond donors (Lipinski definition) is 1. The van der Waals surface area contributed by atoms with Gasteiger partial charge in [-0.1, -0.05) is 31.0 Å². The number of ether oxygens (including phenoxy) is 1. The molecule has 1 heterocycles. The van der Waals surface area contributed by atoms with Crippen LogP contribution in [-0.2, 0) is 4.79 Å². The summed E-state index contributed by atoms with van der Waals surface area (Å²) in [6, 6.07) is 7.86. The molecule has 0 aliphatic carbocycles. The lowest BCUT2D eigenvalue weighted by Crippen LogP contribution is -2.48. The Morgan fingerprint density at radius 2 is 1.95 bits per heavy atom. The lowest BCUT2D eigenvalue weighted by molar-refractivity contribution is -0.144. The lowest BCUT2D eigenvalue weighted by Gasteiger charge is -2.30. The van der Waals surface area contributed by atoms with E-state index in [0.29, 0.717) is 12.5 Å². The van der Waals surface area contributed by atoms with Crippen molar-refractivity contribution in [3.05, 3.63) is 29.8 Å². The summed E-state index contributed by atoms with van der Waals surface area (Å²) < 4.78 is 5.93. The minimum absolute atomic E-state index is 0.0159. The standard InChI is InChI=1S/C18H28N2O2/c1-5-6-14-11-20(12-16(14)19)17(21)18(3,4)22-15-9-7-13(2)8-10-15/h7-10,14,16H,5-6,11-12,19H2,1-4H3/t14-,16-/m1/s1. The van der Waals surface area contributed by atoms with Crippen LogP contribution in [0.5, 0.6) is 5.75 Å². The molecule has 1 aliphatic heterocycles. The first-order valence-corrected chi connectivity index (χ1v) is 8.14. The van der Waals surface area contributed by atoms with Gasteiger partial charge in [0.1, 0.15) is 5.75 Å². The van der Waals surface area contributed by atoms with E-state index >= 15 is 0 Å². The van der Waals surface area contributed by atoms with Crippen molar-refractivity contribution in [2.45, 2.75) is 52.2 Å². The van der Waals surface area contributed by atoms with Crippen molar-refractivity contribution >= 4 is 5.91 Å². The fraction of sp³-hybridized carbons (Fsp3) is 0.611. The molecule has 1 fully saturated rings. The maximum atomic E-state index is 12.8. The van der Waals surface area contributed by atoms with Crippen molar-refractivity contribution in [2.75, 3.05) is 13.1 Å². The maximum Gasteiger partial charge on any atom is 0.266 e. The van der Waals surface area contributed by atoms with Crippen LogP contribution in [0.25, 0.3) is 0 Å². The molecule has 0 unspecified atom stereocenters. The summed E-state index contributed by atoms with van der Waals surface area (Å²) in [4.78, 5) is 14.6. The van der Waals surface area contributed by atoms with Crippen molar-refractivity contribution in [2.24, 2.45) is 11.7 Å². The Kier molecular flexibility index (Phi) is 5.12. The smallest absolute Gasteiger partial charge is 0.266 e. The second-order valence-corrected chi connectivity index (χ2v) is 6.85. The molecule has 22 heavy (non-hydrogen) atoms. The number of nitrogens with two attached hydrogens (primary N) is 1. The van der Waals surface area contributed by atoms with E-state index in [9.17, 15) is 4.79 Å². The first-order valence-electron chi connectivity index (χ1n) is 8.14. The highest BCUT2D eigenvalue weighted by Crippen LogP contribution is 2.26. The Labute approximate surface area is 133 Å². The number of carbonyl (C=O) groups is 1. The number of likely N-dealkylation sites (tertiary alicyclic amines) is 1. The second-order valence-electron chi connectivity index (χ2n) is 6.85. The van der Waals surface area contributed by atoms with E-state index in [-0.39, 0.29) is 11.9 Å². The molecule has 1 aromatic rings. The van der Waals surface area contributed by atoms with Gasteiger partial charge in [0.15, 0.2) is 5.60 Å². The minimum atomic E-state index is -0.879. The van der Waals surface area contributed by atoms with E-state index in [4.69, 9.17) is 10.5 Å². The van der Waals surface area contributed by atoms with E-state index in [1.54, 1.807) is 0 Å². The first kappa shape index (κ1) is 16.8. The third-order valence-electron chi connectivity index (χ3n) is 4.35. The summed E-state index contributed by atoms with van der Waals surface area (Å²) in [5, 5.41) is 0. The van der Waals surface area contributed by atoms with Gasteiger partial charge in [0.25, 0.3) is 5.91 Å². The topological polar surface area (TPSA) is 55.6 Å². The van der Waals surface area contributed by atoms with Gasteiger partial charge in [0, 0.05) is 19.1 Å². The Balaban J connectivity index is 2.02. The fourth-order valence-electron chi connectivity index (χ4n) is 3.06. The van der Waals surface area contributed by atoms with Crippen molar-refractivity contribution < 1.29 is 9.53 Å². The molecule has 0 saturated carbocycles. The van der Waals surface area contributed by atoms with Crippen LogP contribution in [0, 0.1) is 12.8 Å². The Bertz CT molecular complexity index is 510. The average molecular weight is 304 g/mol. The highest BCUT2D eigenvalue weighted by molar-refractivity contribution is 5.85. The zero-order valence-corrected chi connectivity index (χ0v) is 14.1. The van der Waals surface area contributed by atoms with Crippen molar-refractivity contribution in [3.8, 4) is 5.75 Å². The van der Waals surface area contributed by atoms with Gasteiger partial charge in [0.05, 0.1) is 0 Å². The SMILES string of the molecule is CCC[C@@H]1CN(C(=O)C(C)(C)Oc2ccc(C)cc2)C[C@H]1N. The summed E-state index contributed by atoms with van der Waals surface area (Å²) in [6.07, 6.45) is 2.17. The van der Waals surface area contributed by atoms with E-state index < -0.39 is 5.60 Å². The van der Waals surface area contributed by atoms with Gasteiger partial charge in [-0.3, -0.25) is 4.79 Å². The minimum Gasteiger partial charge on any atom is -0.478 e. The van der Waals surface area contributed by atoms with E-state index in [1.165, 1.54) is 5.56 Å². The molecule has 1 amide bonds. The van der Waals surface area contributed by atoms with Gasteiger partial charge in [-0.2, -0.15) is 0 Å². The number of hydrogen-bond acceptors (Lipinski definition) is 3. The zero-order chi connectivity index (χ0) is 16.3. The van der Waals surface area contributed by atoms with Crippen molar-refractivity contribution in [1.82, 2.24) is 4.90 Å². The van der Waals surface area contributed by atoms with E-state index in [2.05, 4.69) is 6.92 Å². The van der Waals surface area contributed by atoms with Crippen LogP contribution in [0.15, 0.2) is 24.3 Å². The molecule has 2 atom stereocenters. The van der Waals surface area contributed by atoms with Gasteiger partial charge in [0.2, 0.25) is 0 Å². The van der Waals surface area contributed by atoms with Crippen LogP contribution in [0.3, 0.4) is 0 Å². The molecule has 1 aromatic carbocycles. The lowest BCUT2D eigenvalue weighted by atomic mass is 9.99. The number of carbonyl (C=O) groups excluding carboxylic acids is 1. The Hall–Kier alpha value is -1.55. The number of nitrogens with zero attached hydrogens (tertiary/aromatic N) is 1. The molecule has 1 saturated heterocycles. The summed E-state index contributed by atoms with van der Waals surface area (Å²) in [5.74, 6) is 1.14. The third-order valence-corrected chi connectivity index (χ3v) is 4.35. The molecule has 2 rings (SSSR count). The van der Waals surface area contributed by atoms with Crippen LogP contribution in [0.2, 0.25) is 0 Å². The van der Waals surface area contributed by atoms with Crippen LogP contribution in [-0.4, -0.2) is 35.5 Å². The van der Waals surface area contributed by atoms with Crippen molar-refractivity contribution in [1.29, 1.82) is 0 Å². The summed E-state index contributed by atoms with van der Waals surface area (Å²) in [6.45, 7) is 9.21. The second kappa shape index (κ2) is 6.69. The Morgan fingerprint density at radius 1 is 1.32 bits per heavy atom. The first-order chi connectivity index (χ1) is 10.3. The van der Waals surface area contributed by atoms with E-state index in [1.807, 2.05) is 49.9 Å². The molecule has 122 valence electrons. The summed E-state index contributed by atoms with van der Waals surface area (Å²) >= 11 is 0. The quantitative estimate of drug-likeness (QED) is 0.910. The predicted molar refractivity (Wildman–Crippen MR) is 88.8 cm³/mol. The van der Waals surface area contributed by atoms with Gasteiger partial charge in [-0.15, -0.1) is 0 Å². The molecular formula is C18H28N2O2. The summed E-state index contributed by atoms with van der Waals surface area (Å²) in [5.41, 5.74) is 6.46. The summed E-state index contributed by atoms with van der Waals surface area (Å²) in [7, 11) is 0. The number of benzene rings is 1. The molecule has 4 heteroatoms. The number of aryl methyl sites for hydroxylation is 1. The Morgan fingerprint density at radius 3 is 2.55 bits per heavy atom. The fourth-order valence-corrected chi connectivity index (χ4v) is 3.06. The zero-order valence-electron chi connectivity index (χ0n) is 14.1. The van der Waals surface area contributed by atoms with Gasteiger partial charge in [-0.25, -0.2) is 0 Å². The van der Waals surface area contributed by atoms with E-state index in [0.717, 1.165) is 25.1 Å². The molecular weight excluding hydrogens is 276 g/mol. The molecule has 2 N–H and O–H groups in total. The molecule has 0 bridgehead atoms. The van der Waals surface area contributed by atoms with Crippen molar-refractivity contribution in [3.63, 3.8) is 0 Å². The molecule has 0 aromatic heterocycles. The molecule has 4 nitrogen and oxygen atoms in total. The monoisotopic (exact) mass is 304 g/mol. The molecule has 1 aliphatic rings. The largest absolute Gasteiger partial charge is 0.478 e. The highest BCUT2D eigenvalue weighted by atomic mass is 16.5. The van der Waals surface area contributed by atoms with Crippen LogP contribution in [0.4, 0.5) is 0 Å². The van der Waals surface area contributed by atoms with Gasteiger partial charge < -0.3 is 15.4 Å². The number of amides is 1. The normalized spacial score (nSPS) is 22.0.